The fraction of sp³-hybridized carbons (Fsp3) is 0.438. The van der Waals surface area contributed by atoms with Gasteiger partial charge in [0.2, 0.25) is 0 Å². The van der Waals surface area contributed by atoms with E-state index in [2.05, 4.69) is 55.7 Å². The van der Waals surface area contributed by atoms with Crippen molar-refractivity contribution in [1.29, 1.82) is 0 Å². The van der Waals surface area contributed by atoms with Gasteiger partial charge in [-0.25, -0.2) is 4.98 Å². The molecule has 2 unspecified atom stereocenters. The monoisotopic (exact) mass is 274 g/mol. The van der Waals surface area contributed by atoms with Gasteiger partial charge in [-0.3, -0.25) is 0 Å². The van der Waals surface area contributed by atoms with E-state index in [-0.39, 0.29) is 0 Å². The number of hydrogen-bond donors (Lipinski definition) is 1. The molecule has 2 atom stereocenters. The average Bonchev–Trinajstić information content (AvgIpc) is 2.95. The van der Waals surface area contributed by atoms with E-state index in [9.17, 15) is 0 Å². The minimum atomic E-state index is 0.318. The second-order valence-electron chi connectivity index (χ2n) is 5.01. The summed E-state index contributed by atoms with van der Waals surface area (Å²) in [6.07, 6.45) is 1.18. The first-order chi connectivity index (χ1) is 9.15. The van der Waals surface area contributed by atoms with E-state index in [1.54, 1.807) is 11.3 Å². The molecular formula is C16H22N2S. The molecule has 0 aliphatic rings. The topological polar surface area (TPSA) is 24.9 Å². The zero-order valence-corrected chi connectivity index (χ0v) is 12.9. The van der Waals surface area contributed by atoms with E-state index < -0.39 is 0 Å². The molecule has 2 aromatic rings. The molecule has 0 radical (unpaired) electrons. The van der Waals surface area contributed by atoms with Crippen molar-refractivity contribution in [2.45, 2.75) is 39.2 Å². The first-order valence-electron chi connectivity index (χ1n) is 6.88. The maximum absolute atomic E-state index is 4.70. The van der Waals surface area contributed by atoms with Crippen molar-refractivity contribution in [2.75, 3.05) is 7.05 Å². The molecule has 0 saturated carbocycles. The van der Waals surface area contributed by atoms with E-state index in [4.69, 9.17) is 4.98 Å². The molecule has 102 valence electrons. The van der Waals surface area contributed by atoms with Crippen molar-refractivity contribution in [3.63, 3.8) is 0 Å². The number of benzene rings is 1. The molecule has 0 spiro atoms. The number of nitrogens with one attached hydrogen (secondary N) is 1. The second-order valence-corrected chi connectivity index (χ2v) is 5.90. The Balaban J connectivity index is 2.20. The molecule has 3 heteroatoms. The SMILES string of the molecule is CCC(C)c1ccc(-c2csc(C(C)NC)n2)cc1. The molecule has 19 heavy (non-hydrogen) atoms. The summed E-state index contributed by atoms with van der Waals surface area (Å²) < 4.78 is 0. The van der Waals surface area contributed by atoms with Crippen LogP contribution in [0.15, 0.2) is 29.6 Å². The van der Waals surface area contributed by atoms with Gasteiger partial charge in [-0.2, -0.15) is 0 Å². The summed E-state index contributed by atoms with van der Waals surface area (Å²) in [5, 5.41) is 6.51. The summed E-state index contributed by atoms with van der Waals surface area (Å²) >= 11 is 1.72. The number of thiazole rings is 1. The van der Waals surface area contributed by atoms with Gasteiger partial charge in [0.1, 0.15) is 5.01 Å². The predicted octanol–water partition coefficient (Wildman–Crippen LogP) is 4.60. The molecule has 0 amide bonds. The van der Waals surface area contributed by atoms with Gasteiger partial charge in [-0.05, 0) is 31.9 Å². The molecule has 1 heterocycles. The first-order valence-corrected chi connectivity index (χ1v) is 7.76. The highest BCUT2D eigenvalue weighted by Crippen LogP contribution is 2.27. The third-order valence-electron chi connectivity index (χ3n) is 3.71. The van der Waals surface area contributed by atoms with Gasteiger partial charge in [-0.1, -0.05) is 38.1 Å². The van der Waals surface area contributed by atoms with Crippen molar-refractivity contribution >= 4 is 11.3 Å². The Morgan fingerprint density at radius 2 is 1.89 bits per heavy atom. The minimum absolute atomic E-state index is 0.318. The Bertz CT molecular complexity index is 516. The van der Waals surface area contributed by atoms with Crippen LogP contribution in [0.5, 0.6) is 0 Å². The molecule has 0 aliphatic heterocycles. The second kappa shape index (κ2) is 6.31. The van der Waals surface area contributed by atoms with Gasteiger partial charge in [-0.15, -0.1) is 11.3 Å². The van der Waals surface area contributed by atoms with Crippen LogP contribution in [-0.2, 0) is 0 Å². The number of nitrogens with zero attached hydrogens (tertiary/aromatic N) is 1. The molecule has 2 nitrogen and oxygen atoms in total. The van der Waals surface area contributed by atoms with Gasteiger partial charge in [0.15, 0.2) is 0 Å². The van der Waals surface area contributed by atoms with Gasteiger partial charge in [0.25, 0.3) is 0 Å². The summed E-state index contributed by atoms with van der Waals surface area (Å²) in [7, 11) is 1.96. The highest BCUT2D eigenvalue weighted by Gasteiger charge is 2.10. The highest BCUT2D eigenvalue weighted by atomic mass is 32.1. The molecular weight excluding hydrogens is 252 g/mol. The number of aromatic nitrogens is 1. The van der Waals surface area contributed by atoms with E-state index >= 15 is 0 Å². The molecule has 1 aromatic heterocycles. The maximum Gasteiger partial charge on any atom is 0.110 e. The van der Waals surface area contributed by atoms with Crippen LogP contribution < -0.4 is 5.32 Å². The Kier molecular flexibility index (Phi) is 4.72. The summed E-state index contributed by atoms with van der Waals surface area (Å²) in [5.74, 6) is 0.629. The molecule has 1 N–H and O–H groups in total. The first kappa shape index (κ1) is 14.2. The van der Waals surface area contributed by atoms with Gasteiger partial charge >= 0.3 is 0 Å². The van der Waals surface area contributed by atoms with Crippen molar-refractivity contribution in [3.05, 3.63) is 40.2 Å². The Labute approximate surface area is 119 Å². The lowest BCUT2D eigenvalue weighted by atomic mass is 9.97. The predicted molar refractivity (Wildman–Crippen MR) is 83.7 cm³/mol. The molecule has 0 aliphatic carbocycles. The Morgan fingerprint density at radius 3 is 2.47 bits per heavy atom. The van der Waals surface area contributed by atoms with Crippen LogP contribution in [0, 0.1) is 0 Å². The third-order valence-corrected chi connectivity index (χ3v) is 4.74. The standard InChI is InChI=1S/C16H22N2S/c1-5-11(2)13-6-8-14(9-7-13)15-10-19-16(18-15)12(3)17-4/h6-12,17H,5H2,1-4H3. The van der Waals surface area contributed by atoms with Crippen LogP contribution in [0.1, 0.15) is 49.7 Å². The van der Waals surface area contributed by atoms with E-state index in [0.717, 1.165) is 10.7 Å². The van der Waals surface area contributed by atoms with Crippen molar-refractivity contribution in [3.8, 4) is 11.3 Å². The van der Waals surface area contributed by atoms with Crippen LogP contribution in [-0.4, -0.2) is 12.0 Å². The van der Waals surface area contributed by atoms with Crippen LogP contribution in [0.4, 0.5) is 0 Å². The zero-order chi connectivity index (χ0) is 13.8. The van der Waals surface area contributed by atoms with E-state index in [0.29, 0.717) is 12.0 Å². The van der Waals surface area contributed by atoms with Gasteiger partial charge < -0.3 is 5.32 Å². The molecule has 0 bridgehead atoms. The largest absolute Gasteiger partial charge is 0.311 e. The molecule has 2 rings (SSSR count). The number of rotatable bonds is 5. The van der Waals surface area contributed by atoms with Gasteiger partial charge in [0.05, 0.1) is 11.7 Å². The zero-order valence-electron chi connectivity index (χ0n) is 12.1. The van der Waals surface area contributed by atoms with Crippen LogP contribution >= 0.6 is 11.3 Å². The van der Waals surface area contributed by atoms with E-state index in [1.807, 2.05) is 7.05 Å². The van der Waals surface area contributed by atoms with Crippen molar-refractivity contribution < 1.29 is 0 Å². The van der Waals surface area contributed by atoms with Crippen LogP contribution in [0.3, 0.4) is 0 Å². The maximum atomic E-state index is 4.70. The molecule has 0 fully saturated rings. The Hall–Kier alpha value is -1.19. The highest BCUT2D eigenvalue weighted by molar-refractivity contribution is 7.10. The summed E-state index contributed by atoms with van der Waals surface area (Å²) in [6, 6.07) is 9.14. The van der Waals surface area contributed by atoms with Crippen LogP contribution in [0.25, 0.3) is 11.3 Å². The average molecular weight is 274 g/mol. The normalized spacial score (nSPS) is 14.3. The number of hydrogen-bond acceptors (Lipinski definition) is 3. The summed E-state index contributed by atoms with van der Waals surface area (Å²) in [4.78, 5) is 4.70. The third kappa shape index (κ3) is 3.23. The fourth-order valence-corrected chi connectivity index (χ4v) is 2.85. The molecule has 1 aromatic carbocycles. The lowest BCUT2D eigenvalue weighted by molar-refractivity contribution is 0.648. The fourth-order valence-electron chi connectivity index (χ4n) is 1.96. The van der Waals surface area contributed by atoms with Crippen molar-refractivity contribution in [1.82, 2.24) is 10.3 Å². The lowest BCUT2D eigenvalue weighted by Crippen LogP contribution is -2.11. The van der Waals surface area contributed by atoms with Gasteiger partial charge in [0, 0.05) is 10.9 Å². The Morgan fingerprint density at radius 1 is 1.21 bits per heavy atom. The van der Waals surface area contributed by atoms with E-state index in [1.165, 1.54) is 17.5 Å². The summed E-state index contributed by atoms with van der Waals surface area (Å²) in [5.41, 5.74) is 3.70. The quantitative estimate of drug-likeness (QED) is 0.861. The lowest BCUT2D eigenvalue weighted by Gasteiger charge is -2.09. The van der Waals surface area contributed by atoms with Crippen LogP contribution in [0.2, 0.25) is 0 Å². The smallest absolute Gasteiger partial charge is 0.110 e. The van der Waals surface area contributed by atoms with Crippen molar-refractivity contribution in [2.24, 2.45) is 0 Å². The molecule has 0 saturated heterocycles. The summed E-state index contributed by atoms with van der Waals surface area (Å²) in [6.45, 7) is 6.63. The minimum Gasteiger partial charge on any atom is -0.311 e.